The van der Waals surface area contributed by atoms with Crippen molar-refractivity contribution in [1.29, 1.82) is 0 Å². The molecule has 0 saturated heterocycles. The van der Waals surface area contributed by atoms with Gasteiger partial charge in [-0.1, -0.05) is 37.5 Å². The third-order valence-corrected chi connectivity index (χ3v) is 2.74. The first-order valence-electron chi connectivity index (χ1n) is 6.08. The van der Waals surface area contributed by atoms with Gasteiger partial charge >= 0.3 is 5.97 Å². The van der Waals surface area contributed by atoms with E-state index in [1.165, 1.54) is 7.11 Å². The van der Waals surface area contributed by atoms with Gasteiger partial charge in [-0.25, -0.2) is 4.79 Å². The first kappa shape index (κ1) is 14.3. The molecule has 1 N–H and O–H groups in total. The molecule has 1 aromatic carbocycles. The van der Waals surface area contributed by atoms with E-state index in [0.29, 0.717) is 12.1 Å². The molecule has 0 aromatic heterocycles. The van der Waals surface area contributed by atoms with E-state index in [1.54, 1.807) is 6.07 Å². The Bertz CT molecular complexity index is 434. The number of esters is 1. The molecule has 0 bridgehead atoms. The number of ether oxygens (including phenoxy) is 1. The first-order valence-corrected chi connectivity index (χ1v) is 6.08. The Hall–Kier alpha value is -1.79. The summed E-state index contributed by atoms with van der Waals surface area (Å²) in [5.41, 5.74) is 1.49. The monoisotopic (exact) mass is 245 g/mol. The number of carbonyl (C=O) groups excluding carboxylic acids is 1. The van der Waals surface area contributed by atoms with Crippen LogP contribution in [0.3, 0.4) is 0 Å². The van der Waals surface area contributed by atoms with Gasteiger partial charge in [0, 0.05) is 6.54 Å². The Morgan fingerprint density at radius 1 is 1.50 bits per heavy atom. The molecule has 0 fully saturated rings. The Labute approximate surface area is 109 Å². The highest BCUT2D eigenvalue weighted by atomic mass is 16.5. The van der Waals surface area contributed by atoms with Gasteiger partial charge in [0.25, 0.3) is 0 Å². The van der Waals surface area contributed by atoms with Gasteiger partial charge in [-0.2, -0.15) is 0 Å². The average molecular weight is 245 g/mol. The number of carbonyl (C=O) groups is 1. The van der Waals surface area contributed by atoms with Crippen molar-refractivity contribution < 1.29 is 9.53 Å². The smallest absolute Gasteiger partial charge is 0.338 e. The number of hydrogen-bond donors (Lipinski definition) is 1. The summed E-state index contributed by atoms with van der Waals surface area (Å²) in [7, 11) is 1.38. The lowest BCUT2D eigenvalue weighted by atomic mass is 10.1. The topological polar surface area (TPSA) is 38.3 Å². The van der Waals surface area contributed by atoms with Gasteiger partial charge in [0.05, 0.1) is 18.7 Å². The van der Waals surface area contributed by atoms with E-state index in [9.17, 15) is 4.79 Å². The molecular weight excluding hydrogens is 226 g/mol. The molecule has 1 aromatic rings. The molecule has 0 saturated carbocycles. The summed E-state index contributed by atoms with van der Waals surface area (Å²) in [5.74, 6) is 2.39. The Kier molecular flexibility index (Phi) is 5.96. The van der Waals surface area contributed by atoms with Gasteiger partial charge in [0.1, 0.15) is 0 Å². The van der Waals surface area contributed by atoms with Crippen molar-refractivity contribution >= 4 is 5.97 Å². The molecule has 96 valence electrons. The predicted molar refractivity (Wildman–Crippen MR) is 72.2 cm³/mol. The molecule has 1 unspecified atom stereocenters. The summed E-state index contributed by atoms with van der Waals surface area (Å²) in [6, 6.07) is 7.42. The van der Waals surface area contributed by atoms with Crippen molar-refractivity contribution in [3.63, 3.8) is 0 Å². The number of hydrogen-bond acceptors (Lipinski definition) is 3. The highest BCUT2D eigenvalue weighted by molar-refractivity contribution is 5.90. The molecule has 0 heterocycles. The van der Waals surface area contributed by atoms with Crippen molar-refractivity contribution in [3.05, 3.63) is 35.4 Å². The standard InChI is InChI=1S/C15H19NO2/c1-4-8-13(5-2)16-11-12-9-6-7-10-14(12)15(17)18-3/h2,6-7,9-10,13,16H,4,8,11H2,1,3H3. The highest BCUT2D eigenvalue weighted by Crippen LogP contribution is 2.10. The van der Waals surface area contributed by atoms with E-state index in [0.717, 1.165) is 18.4 Å². The quantitative estimate of drug-likeness (QED) is 0.617. The van der Waals surface area contributed by atoms with Crippen molar-refractivity contribution in [1.82, 2.24) is 5.32 Å². The van der Waals surface area contributed by atoms with Gasteiger partial charge in [0.2, 0.25) is 0 Å². The van der Waals surface area contributed by atoms with Crippen LogP contribution in [0.4, 0.5) is 0 Å². The Morgan fingerprint density at radius 3 is 2.83 bits per heavy atom. The lowest BCUT2D eigenvalue weighted by molar-refractivity contribution is 0.0599. The van der Waals surface area contributed by atoms with Crippen LogP contribution in [0.15, 0.2) is 24.3 Å². The van der Waals surface area contributed by atoms with Crippen LogP contribution in [0.25, 0.3) is 0 Å². The van der Waals surface area contributed by atoms with Crippen LogP contribution in [-0.2, 0) is 11.3 Å². The van der Waals surface area contributed by atoms with Crippen LogP contribution in [0, 0.1) is 12.3 Å². The molecule has 0 amide bonds. The zero-order valence-electron chi connectivity index (χ0n) is 10.9. The number of rotatable bonds is 6. The molecule has 0 spiro atoms. The second-order valence-electron chi connectivity index (χ2n) is 4.04. The normalized spacial score (nSPS) is 11.6. The van der Waals surface area contributed by atoms with Gasteiger partial charge in [-0.3, -0.25) is 5.32 Å². The average Bonchev–Trinajstić information content (AvgIpc) is 2.43. The Morgan fingerprint density at radius 2 is 2.22 bits per heavy atom. The molecule has 18 heavy (non-hydrogen) atoms. The van der Waals surface area contributed by atoms with Crippen LogP contribution in [0.5, 0.6) is 0 Å². The van der Waals surface area contributed by atoms with Crippen LogP contribution in [-0.4, -0.2) is 19.1 Å². The van der Waals surface area contributed by atoms with Crippen LogP contribution in [0.1, 0.15) is 35.7 Å². The van der Waals surface area contributed by atoms with E-state index in [-0.39, 0.29) is 12.0 Å². The van der Waals surface area contributed by atoms with Crippen molar-refractivity contribution in [3.8, 4) is 12.3 Å². The predicted octanol–water partition coefficient (Wildman–Crippen LogP) is 2.36. The third-order valence-electron chi connectivity index (χ3n) is 2.74. The molecule has 1 rings (SSSR count). The van der Waals surface area contributed by atoms with Gasteiger partial charge < -0.3 is 4.74 Å². The van der Waals surface area contributed by atoms with Crippen LogP contribution in [0.2, 0.25) is 0 Å². The molecular formula is C15H19NO2. The lowest BCUT2D eigenvalue weighted by Crippen LogP contribution is -2.27. The zero-order chi connectivity index (χ0) is 13.4. The van der Waals surface area contributed by atoms with Crippen molar-refractivity contribution in [2.75, 3.05) is 7.11 Å². The molecule has 3 heteroatoms. The third kappa shape index (κ3) is 3.90. The van der Waals surface area contributed by atoms with Gasteiger partial charge in [-0.05, 0) is 18.1 Å². The van der Waals surface area contributed by atoms with E-state index < -0.39 is 0 Å². The van der Waals surface area contributed by atoms with E-state index >= 15 is 0 Å². The number of terminal acetylenes is 1. The minimum absolute atomic E-state index is 0.0423. The molecule has 0 aliphatic carbocycles. The summed E-state index contributed by atoms with van der Waals surface area (Å²) < 4.78 is 4.75. The SMILES string of the molecule is C#CC(CCC)NCc1ccccc1C(=O)OC. The largest absolute Gasteiger partial charge is 0.465 e. The molecule has 3 nitrogen and oxygen atoms in total. The van der Waals surface area contributed by atoms with E-state index in [2.05, 4.69) is 18.2 Å². The molecule has 1 atom stereocenters. The fourth-order valence-corrected chi connectivity index (χ4v) is 1.75. The summed E-state index contributed by atoms with van der Waals surface area (Å²) >= 11 is 0. The number of nitrogens with one attached hydrogen (secondary N) is 1. The summed E-state index contributed by atoms with van der Waals surface area (Å²) in [5, 5.41) is 3.26. The molecule has 0 radical (unpaired) electrons. The fourth-order valence-electron chi connectivity index (χ4n) is 1.75. The summed E-state index contributed by atoms with van der Waals surface area (Å²) in [6.07, 6.45) is 7.40. The molecule has 0 aliphatic heterocycles. The zero-order valence-corrected chi connectivity index (χ0v) is 10.9. The van der Waals surface area contributed by atoms with Gasteiger partial charge in [0.15, 0.2) is 0 Å². The van der Waals surface area contributed by atoms with Crippen molar-refractivity contribution in [2.45, 2.75) is 32.4 Å². The summed E-state index contributed by atoms with van der Waals surface area (Å²) in [4.78, 5) is 11.6. The second-order valence-corrected chi connectivity index (χ2v) is 4.04. The number of methoxy groups -OCH3 is 1. The highest BCUT2D eigenvalue weighted by Gasteiger charge is 2.11. The van der Waals surface area contributed by atoms with E-state index in [4.69, 9.17) is 11.2 Å². The fraction of sp³-hybridized carbons (Fsp3) is 0.400. The van der Waals surface area contributed by atoms with Crippen molar-refractivity contribution in [2.24, 2.45) is 0 Å². The first-order chi connectivity index (χ1) is 8.72. The number of benzene rings is 1. The van der Waals surface area contributed by atoms with Crippen LogP contribution < -0.4 is 5.32 Å². The van der Waals surface area contributed by atoms with Crippen LogP contribution >= 0.6 is 0 Å². The maximum Gasteiger partial charge on any atom is 0.338 e. The second kappa shape index (κ2) is 7.52. The lowest BCUT2D eigenvalue weighted by Gasteiger charge is -2.13. The minimum Gasteiger partial charge on any atom is -0.465 e. The summed E-state index contributed by atoms with van der Waals surface area (Å²) in [6.45, 7) is 2.66. The Balaban J connectivity index is 2.73. The molecule has 0 aliphatic rings. The maximum atomic E-state index is 11.6. The minimum atomic E-state index is -0.319. The maximum absolute atomic E-state index is 11.6. The van der Waals surface area contributed by atoms with Gasteiger partial charge in [-0.15, -0.1) is 6.42 Å². The van der Waals surface area contributed by atoms with E-state index in [1.807, 2.05) is 18.2 Å².